The summed E-state index contributed by atoms with van der Waals surface area (Å²) in [5, 5.41) is 9.85. The van der Waals surface area contributed by atoms with Crippen molar-refractivity contribution in [1.82, 2.24) is 29.7 Å². The average molecular weight is 447 g/mol. The zero-order chi connectivity index (χ0) is 23.7. The van der Waals surface area contributed by atoms with Gasteiger partial charge >= 0.3 is 5.69 Å². The number of carbonyl (C=O) groups excluding carboxylic acids is 2. The molecule has 2 aromatic heterocycles. The molecule has 174 valence electrons. The summed E-state index contributed by atoms with van der Waals surface area (Å²) in [6, 6.07) is 0. The second-order valence-electron chi connectivity index (χ2n) is 7.76. The first-order valence-corrected chi connectivity index (χ1v) is 10.4. The first-order chi connectivity index (χ1) is 15.3. The number of likely N-dealkylation sites (tertiary alicyclic amines) is 1. The van der Waals surface area contributed by atoms with E-state index in [2.05, 4.69) is 20.3 Å². The number of aryl methyl sites for hydroxylation is 3. The molecule has 0 bridgehead atoms. The lowest BCUT2D eigenvalue weighted by molar-refractivity contribution is -0.132. The van der Waals surface area contributed by atoms with Gasteiger partial charge in [-0.1, -0.05) is 0 Å². The molecule has 1 saturated heterocycles. The summed E-state index contributed by atoms with van der Waals surface area (Å²) in [6.45, 7) is 5.39. The molecule has 1 aliphatic rings. The largest absolute Gasteiger partial charge is 0.483 e. The van der Waals surface area contributed by atoms with Gasteiger partial charge in [-0.05, 0) is 44.6 Å². The van der Waals surface area contributed by atoms with E-state index in [1.165, 1.54) is 0 Å². The molecule has 11 nitrogen and oxygen atoms in total. The fourth-order valence-corrected chi connectivity index (χ4v) is 3.80. The summed E-state index contributed by atoms with van der Waals surface area (Å²) in [4.78, 5) is 57.0. The number of H-pyrrole nitrogens is 1. The lowest BCUT2D eigenvalue weighted by Crippen LogP contribution is -2.41. The van der Waals surface area contributed by atoms with Gasteiger partial charge in [0.05, 0.1) is 12.5 Å². The van der Waals surface area contributed by atoms with Crippen molar-refractivity contribution in [3.63, 3.8) is 0 Å². The quantitative estimate of drug-likeness (QED) is 0.544. The van der Waals surface area contributed by atoms with Gasteiger partial charge in [0.25, 0.3) is 12.4 Å². The zero-order valence-electron chi connectivity index (χ0n) is 18.6. The van der Waals surface area contributed by atoms with E-state index in [1.807, 2.05) is 11.8 Å². The van der Waals surface area contributed by atoms with Crippen molar-refractivity contribution in [3.05, 3.63) is 45.7 Å². The summed E-state index contributed by atoms with van der Waals surface area (Å²) in [7, 11) is 1.79. The van der Waals surface area contributed by atoms with E-state index in [1.54, 1.807) is 31.1 Å². The first-order valence-electron chi connectivity index (χ1n) is 10.4. The van der Waals surface area contributed by atoms with Gasteiger partial charge in [0.1, 0.15) is 5.69 Å². The molecule has 0 aliphatic carbocycles. The van der Waals surface area contributed by atoms with Gasteiger partial charge < -0.3 is 24.9 Å². The molecule has 0 saturated carbocycles. The predicted octanol–water partition coefficient (Wildman–Crippen LogP) is 0.422. The lowest BCUT2D eigenvalue weighted by Gasteiger charge is -2.32. The number of rotatable bonds is 6. The summed E-state index contributed by atoms with van der Waals surface area (Å²) < 4.78 is 1.69. The van der Waals surface area contributed by atoms with E-state index < -0.39 is 0 Å². The highest BCUT2D eigenvalue weighted by molar-refractivity contribution is 5.92. The van der Waals surface area contributed by atoms with Crippen LogP contribution in [0.25, 0.3) is 0 Å². The fourth-order valence-electron chi connectivity index (χ4n) is 3.80. The van der Waals surface area contributed by atoms with Gasteiger partial charge in [-0.3, -0.25) is 14.4 Å². The Balaban J connectivity index is 0.00000114. The molecule has 0 radical (unpaired) electrons. The average Bonchev–Trinajstić information content (AvgIpc) is 3.18. The van der Waals surface area contributed by atoms with E-state index in [4.69, 9.17) is 9.90 Å². The smallest absolute Gasteiger partial charge is 0.345 e. The van der Waals surface area contributed by atoms with Crippen LogP contribution in [-0.4, -0.2) is 67.4 Å². The van der Waals surface area contributed by atoms with Crippen LogP contribution in [0.2, 0.25) is 0 Å². The number of amides is 2. The molecule has 32 heavy (non-hydrogen) atoms. The fraction of sp³-hybridized carbons (Fsp3) is 0.524. The van der Waals surface area contributed by atoms with Gasteiger partial charge in [-0.25, -0.2) is 9.78 Å². The number of imidazole rings is 1. The molecule has 3 rings (SSSR count). The molecular weight excluding hydrogens is 416 g/mol. The first kappa shape index (κ1) is 24.8. The molecule has 0 spiro atoms. The van der Waals surface area contributed by atoms with Crippen LogP contribution in [0.15, 0.2) is 17.3 Å². The Kier molecular flexibility index (Phi) is 9.11. The molecule has 2 aromatic rings. The highest BCUT2D eigenvalue weighted by Gasteiger charge is 2.23. The molecule has 3 heterocycles. The number of carboxylic acid groups (broad SMARTS) is 1. The topological polar surface area (TPSA) is 150 Å². The van der Waals surface area contributed by atoms with Gasteiger partial charge in [-0.2, -0.15) is 4.98 Å². The summed E-state index contributed by atoms with van der Waals surface area (Å²) >= 11 is 0. The minimum atomic E-state index is -0.354. The number of nitrogens with zero attached hydrogens (tertiary/aromatic N) is 4. The molecule has 0 unspecified atom stereocenters. The third-order valence-corrected chi connectivity index (χ3v) is 5.61. The number of hydrogen-bond acceptors (Lipinski definition) is 6. The normalized spacial score (nSPS) is 13.8. The third kappa shape index (κ3) is 6.76. The number of nitrogens with one attached hydrogen (secondary N) is 2. The SMILES string of the molecule is Cc1nc(=O)[nH]c(C)c1CCC(=O)N1CCC(CNC(=O)c2cncn2C)CC1.O=CO. The monoisotopic (exact) mass is 446 g/mol. The molecule has 2 amide bonds. The number of aromatic amines is 1. The summed E-state index contributed by atoms with van der Waals surface area (Å²) in [6.07, 6.45) is 5.87. The highest BCUT2D eigenvalue weighted by Crippen LogP contribution is 2.18. The maximum atomic E-state index is 12.6. The molecule has 11 heteroatoms. The van der Waals surface area contributed by atoms with Crippen molar-refractivity contribution >= 4 is 18.3 Å². The molecule has 0 aromatic carbocycles. The van der Waals surface area contributed by atoms with Crippen molar-refractivity contribution in [3.8, 4) is 0 Å². The molecule has 1 aliphatic heterocycles. The van der Waals surface area contributed by atoms with Gasteiger partial charge in [0.15, 0.2) is 0 Å². The second kappa shape index (κ2) is 11.8. The Morgan fingerprint density at radius 1 is 1.31 bits per heavy atom. The molecule has 3 N–H and O–H groups in total. The number of aromatic nitrogens is 4. The molecule has 0 atom stereocenters. The Hall–Kier alpha value is -3.50. The molecular formula is C21H30N6O5. The van der Waals surface area contributed by atoms with Crippen molar-refractivity contribution in [2.45, 2.75) is 39.5 Å². The van der Waals surface area contributed by atoms with Crippen LogP contribution in [0, 0.1) is 19.8 Å². The lowest BCUT2D eigenvalue weighted by atomic mass is 9.96. The van der Waals surface area contributed by atoms with Gasteiger partial charge in [-0.15, -0.1) is 0 Å². The van der Waals surface area contributed by atoms with E-state index in [0.717, 1.165) is 24.1 Å². The van der Waals surface area contributed by atoms with Crippen LogP contribution in [0.5, 0.6) is 0 Å². The van der Waals surface area contributed by atoms with Crippen molar-refractivity contribution in [2.24, 2.45) is 13.0 Å². The van der Waals surface area contributed by atoms with Crippen LogP contribution in [0.4, 0.5) is 0 Å². The van der Waals surface area contributed by atoms with Crippen molar-refractivity contribution in [2.75, 3.05) is 19.6 Å². The van der Waals surface area contributed by atoms with Gasteiger partial charge in [0.2, 0.25) is 5.91 Å². The van der Waals surface area contributed by atoms with E-state index in [-0.39, 0.29) is 24.0 Å². The Labute approximate surface area is 185 Å². The maximum absolute atomic E-state index is 12.6. The maximum Gasteiger partial charge on any atom is 0.345 e. The van der Waals surface area contributed by atoms with Crippen molar-refractivity contribution < 1.29 is 19.5 Å². The summed E-state index contributed by atoms with van der Waals surface area (Å²) in [5.41, 5.74) is 2.58. The van der Waals surface area contributed by atoms with Crippen LogP contribution in [0.1, 0.15) is 46.7 Å². The standard InChI is InChI=1S/C20H28N6O3.CH2O2/c1-13-16(14(2)24-20(29)23-13)4-5-18(27)26-8-6-15(7-9-26)10-22-19(28)17-11-21-12-25(17)3;2-1-3/h11-12,15H,4-10H2,1-3H3,(H,22,28)(H,23,24,29);1H,(H,2,3). The minimum Gasteiger partial charge on any atom is -0.483 e. The van der Waals surface area contributed by atoms with Crippen molar-refractivity contribution in [1.29, 1.82) is 0 Å². The summed E-state index contributed by atoms with van der Waals surface area (Å²) in [5.74, 6) is 0.361. The Morgan fingerprint density at radius 3 is 2.53 bits per heavy atom. The number of hydrogen-bond donors (Lipinski definition) is 3. The Morgan fingerprint density at radius 2 is 1.97 bits per heavy atom. The molecule has 1 fully saturated rings. The number of carbonyl (C=O) groups is 3. The second-order valence-corrected chi connectivity index (χ2v) is 7.76. The van der Waals surface area contributed by atoms with Crippen LogP contribution in [-0.2, 0) is 23.1 Å². The van der Waals surface area contributed by atoms with E-state index in [9.17, 15) is 14.4 Å². The van der Waals surface area contributed by atoms with Crippen LogP contribution in [0.3, 0.4) is 0 Å². The van der Waals surface area contributed by atoms with E-state index in [0.29, 0.717) is 49.8 Å². The predicted molar refractivity (Wildman–Crippen MR) is 116 cm³/mol. The number of piperidine rings is 1. The van der Waals surface area contributed by atoms with Gasteiger partial charge in [0, 0.05) is 44.5 Å². The van der Waals surface area contributed by atoms with Crippen LogP contribution >= 0.6 is 0 Å². The van der Waals surface area contributed by atoms with E-state index >= 15 is 0 Å². The Bertz CT molecular complexity index is 965. The zero-order valence-corrected chi connectivity index (χ0v) is 18.6. The third-order valence-electron chi connectivity index (χ3n) is 5.61. The minimum absolute atomic E-state index is 0.118. The highest BCUT2D eigenvalue weighted by atomic mass is 16.3. The van der Waals surface area contributed by atoms with Crippen LogP contribution < -0.4 is 11.0 Å².